The lowest BCUT2D eigenvalue weighted by Crippen LogP contribution is -2.29. The summed E-state index contributed by atoms with van der Waals surface area (Å²) in [5.74, 6) is 2.35. The van der Waals surface area contributed by atoms with Crippen LogP contribution in [0.5, 0.6) is 23.0 Å². The quantitative estimate of drug-likeness (QED) is 0.749. The summed E-state index contributed by atoms with van der Waals surface area (Å²) < 4.78 is 22.3. The Bertz CT molecular complexity index is 1040. The van der Waals surface area contributed by atoms with Crippen molar-refractivity contribution in [1.29, 1.82) is 0 Å². The number of amides is 1. The molecule has 0 spiro atoms. The lowest BCUT2D eigenvalue weighted by molar-refractivity contribution is 0.0950. The molecule has 2 aliphatic rings. The molecule has 2 aliphatic heterocycles. The molecular formula is C23H27NO5Si. The van der Waals surface area contributed by atoms with E-state index < -0.39 is 8.07 Å². The summed E-state index contributed by atoms with van der Waals surface area (Å²) in [6, 6.07) is 7.90. The van der Waals surface area contributed by atoms with Crippen LogP contribution in [0.3, 0.4) is 0 Å². The van der Waals surface area contributed by atoms with Gasteiger partial charge in [0.1, 0.15) is 0 Å². The number of hydrogen-bond donors (Lipinski definition) is 1. The smallest absolute Gasteiger partial charge is 0.255 e. The molecule has 0 atom stereocenters. The number of rotatable bonds is 3. The van der Waals surface area contributed by atoms with Gasteiger partial charge in [0.05, 0.1) is 27.9 Å². The number of ether oxygens (including phenoxy) is 4. The van der Waals surface area contributed by atoms with Crippen LogP contribution in [-0.2, 0) is 6.42 Å². The van der Waals surface area contributed by atoms with Gasteiger partial charge < -0.3 is 24.3 Å². The average Bonchev–Trinajstić information content (AvgIpc) is 3.16. The van der Waals surface area contributed by atoms with Crippen LogP contribution in [0.15, 0.2) is 24.3 Å². The first-order valence-electron chi connectivity index (χ1n) is 10.0. The molecule has 2 heterocycles. The van der Waals surface area contributed by atoms with E-state index in [9.17, 15) is 4.79 Å². The van der Waals surface area contributed by atoms with Crippen molar-refractivity contribution in [3.63, 3.8) is 0 Å². The first kappa shape index (κ1) is 20.3. The van der Waals surface area contributed by atoms with Gasteiger partial charge in [-0.3, -0.25) is 4.79 Å². The first-order chi connectivity index (χ1) is 14.3. The molecule has 0 bridgehead atoms. The Labute approximate surface area is 177 Å². The fraction of sp³-hybridized carbons (Fsp3) is 0.348. The van der Waals surface area contributed by atoms with Crippen LogP contribution in [0.2, 0.25) is 19.6 Å². The van der Waals surface area contributed by atoms with Gasteiger partial charge in [-0.25, -0.2) is 0 Å². The molecule has 0 unspecified atom stereocenters. The number of carbonyl (C=O) groups excluding carboxylic acids is 1. The number of carbonyl (C=O) groups is 1. The highest BCUT2D eigenvalue weighted by atomic mass is 28.3. The molecule has 2 aromatic carbocycles. The van der Waals surface area contributed by atoms with Gasteiger partial charge in [0.2, 0.25) is 6.79 Å². The molecule has 0 saturated carbocycles. The monoisotopic (exact) mass is 425 g/mol. The summed E-state index contributed by atoms with van der Waals surface area (Å²) in [7, 11) is 1.32. The number of hydrogen-bond acceptors (Lipinski definition) is 5. The molecule has 0 radical (unpaired) electrons. The van der Waals surface area contributed by atoms with Crippen LogP contribution in [0.25, 0.3) is 11.3 Å². The largest absolute Gasteiger partial charge is 0.493 e. The molecule has 2 aromatic rings. The van der Waals surface area contributed by atoms with Gasteiger partial charge in [-0.2, -0.15) is 0 Å². The minimum atomic E-state index is -1.81. The van der Waals surface area contributed by atoms with Gasteiger partial charge >= 0.3 is 0 Å². The fourth-order valence-corrected chi connectivity index (χ4v) is 5.62. The lowest BCUT2D eigenvalue weighted by Gasteiger charge is -2.26. The Kier molecular flexibility index (Phi) is 5.23. The summed E-state index contributed by atoms with van der Waals surface area (Å²) in [6.45, 7) is 7.66. The van der Waals surface area contributed by atoms with Crippen LogP contribution in [0.4, 0.5) is 0 Å². The molecule has 0 saturated heterocycles. The maximum absolute atomic E-state index is 13.1. The summed E-state index contributed by atoms with van der Waals surface area (Å²) in [5.41, 5.74) is 3.62. The molecule has 0 fully saturated rings. The zero-order valence-electron chi connectivity index (χ0n) is 18.0. The van der Waals surface area contributed by atoms with E-state index >= 15 is 0 Å². The van der Waals surface area contributed by atoms with Gasteiger partial charge in [0, 0.05) is 6.54 Å². The highest BCUT2D eigenvalue weighted by Crippen LogP contribution is 2.42. The average molecular weight is 426 g/mol. The van der Waals surface area contributed by atoms with Crippen LogP contribution in [0, 0.1) is 0 Å². The van der Waals surface area contributed by atoms with Gasteiger partial charge in [0.15, 0.2) is 23.0 Å². The second-order valence-corrected chi connectivity index (χ2v) is 13.5. The Morgan fingerprint density at radius 2 is 1.77 bits per heavy atom. The first-order valence-corrected chi connectivity index (χ1v) is 13.5. The number of fused-ring (bicyclic) bond motifs is 3. The molecule has 4 rings (SSSR count). The summed E-state index contributed by atoms with van der Waals surface area (Å²) in [4.78, 5) is 13.1. The highest BCUT2D eigenvalue weighted by molar-refractivity contribution is 6.94. The third-order valence-corrected chi connectivity index (χ3v) is 7.51. The second kappa shape index (κ2) is 7.72. The topological polar surface area (TPSA) is 66.0 Å². The SMILES string of the molecule is COc1ccc2c(c1OC)C(=O)NCCc1cc3c(cc1/C([Si](C)(C)C)=C\2)OCO3. The van der Waals surface area contributed by atoms with Crippen LogP contribution in [0.1, 0.15) is 27.0 Å². The maximum Gasteiger partial charge on any atom is 0.255 e. The predicted octanol–water partition coefficient (Wildman–Crippen LogP) is 4.14. The molecule has 0 aromatic heterocycles. The van der Waals surface area contributed by atoms with E-state index in [0.29, 0.717) is 30.0 Å². The zero-order valence-corrected chi connectivity index (χ0v) is 19.0. The predicted molar refractivity (Wildman–Crippen MR) is 119 cm³/mol. The Hall–Kier alpha value is -2.93. The van der Waals surface area contributed by atoms with Gasteiger partial charge in [-0.05, 0) is 41.3 Å². The fourth-order valence-electron chi connectivity index (χ4n) is 3.99. The minimum absolute atomic E-state index is 0.170. The van der Waals surface area contributed by atoms with Crippen molar-refractivity contribution in [3.8, 4) is 23.0 Å². The molecule has 1 amide bonds. The van der Waals surface area contributed by atoms with Crippen molar-refractivity contribution in [2.75, 3.05) is 27.6 Å². The van der Waals surface area contributed by atoms with Crippen LogP contribution < -0.4 is 24.3 Å². The number of nitrogens with one attached hydrogen (secondary N) is 1. The molecule has 1 N–H and O–H groups in total. The van der Waals surface area contributed by atoms with E-state index in [1.165, 1.54) is 5.20 Å². The van der Waals surface area contributed by atoms with Crippen LogP contribution >= 0.6 is 0 Å². The Morgan fingerprint density at radius 3 is 2.43 bits per heavy atom. The van der Waals surface area contributed by atoms with Crippen molar-refractivity contribution in [2.24, 2.45) is 0 Å². The molecule has 30 heavy (non-hydrogen) atoms. The minimum Gasteiger partial charge on any atom is -0.493 e. The number of methoxy groups -OCH3 is 2. The maximum atomic E-state index is 13.1. The standard InChI is InChI=1S/C23H27NO5Si/c1-26-17-7-6-15-11-20(30(3,4)5)16-12-19-18(28-13-29-19)10-14(16)8-9-24-23(25)21(15)22(17)27-2/h6-7,10-12H,8-9,13H2,1-5H3,(H,24,25)/b20-11+. The van der Waals surface area contributed by atoms with Gasteiger partial charge in [0.25, 0.3) is 5.91 Å². The van der Waals surface area contributed by atoms with E-state index in [-0.39, 0.29) is 12.7 Å². The van der Waals surface area contributed by atoms with Crippen molar-refractivity contribution in [3.05, 3.63) is 46.5 Å². The van der Waals surface area contributed by atoms with E-state index in [2.05, 4.69) is 43.2 Å². The number of benzene rings is 2. The van der Waals surface area contributed by atoms with Crippen molar-refractivity contribution >= 4 is 25.3 Å². The van der Waals surface area contributed by atoms with E-state index in [0.717, 1.165) is 28.2 Å². The van der Waals surface area contributed by atoms with Crippen molar-refractivity contribution < 1.29 is 23.7 Å². The summed E-state index contributed by atoms with van der Waals surface area (Å²) in [5, 5.41) is 4.28. The molecule has 7 heteroatoms. The Balaban J connectivity index is 2.01. The summed E-state index contributed by atoms with van der Waals surface area (Å²) >= 11 is 0. The van der Waals surface area contributed by atoms with Crippen LogP contribution in [-0.4, -0.2) is 41.5 Å². The summed E-state index contributed by atoms with van der Waals surface area (Å²) in [6.07, 6.45) is 2.83. The van der Waals surface area contributed by atoms with Gasteiger partial charge in [-0.15, -0.1) is 0 Å². The molecule has 0 aliphatic carbocycles. The van der Waals surface area contributed by atoms with Crippen molar-refractivity contribution in [1.82, 2.24) is 5.32 Å². The zero-order chi connectivity index (χ0) is 21.5. The molecule has 158 valence electrons. The van der Waals surface area contributed by atoms with E-state index in [1.54, 1.807) is 14.2 Å². The van der Waals surface area contributed by atoms with Crippen molar-refractivity contribution in [2.45, 2.75) is 26.1 Å². The molecule has 6 nitrogen and oxygen atoms in total. The molecular weight excluding hydrogens is 398 g/mol. The second-order valence-electron chi connectivity index (χ2n) is 8.44. The third-order valence-electron chi connectivity index (χ3n) is 5.48. The third kappa shape index (κ3) is 3.54. The lowest BCUT2D eigenvalue weighted by atomic mass is 9.98. The van der Waals surface area contributed by atoms with E-state index in [4.69, 9.17) is 18.9 Å². The normalized spacial score (nSPS) is 17.2. The van der Waals surface area contributed by atoms with E-state index in [1.807, 2.05) is 12.1 Å². The van der Waals surface area contributed by atoms with Gasteiger partial charge in [-0.1, -0.05) is 37.0 Å². The Morgan fingerprint density at radius 1 is 1.03 bits per heavy atom. The highest BCUT2D eigenvalue weighted by Gasteiger charge is 2.29.